The third-order valence-corrected chi connectivity index (χ3v) is 2.53. The number of rotatable bonds is 3. The van der Waals surface area contributed by atoms with Crippen LogP contribution in [0, 0.1) is 0 Å². The number of halogens is 1. The molecule has 0 aromatic heterocycles. The van der Waals surface area contributed by atoms with Crippen LogP contribution < -0.4 is 0 Å². The van der Waals surface area contributed by atoms with Crippen molar-refractivity contribution in [3.63, 3.8) is 0 Å². The molecule has 1 N–H and O–H groups in total. The molecule has 0 bridgehead atoms. The Balaban J connectivity index is 2.23. The van der Waals surface area contributed by atoms with Gasteiger partial charge in [0.05, 0.1) is 6.10 Å². The van der Waals surface area contributed by atoms with E-state index in [1.54, 1.807) is 0 Å². The first-order valence-electron chi connectivity index (χ1n) is 3.68. The van der Waals surface area contributed by atoms with Crippen LogP contribution in [0.5, 0.6) is 0 Å². The van der Waals surface area contributed by atoms with E-state index < -0.39 is 10.8 Å². The summed E-state index contributed by atoms with van der Waals surface area (Å²) < 4.78 is 5.28. The molecule has 11 heavy (non-hydrogen) atoms. The summed E-state index contributed by atoms with van der Waals surface area (Å²) in [5.41, 5.74) is 0. The first-order chi connectivity index (χ1) is 5.20. The van der Waals surface area contributed by atoms with Crippen LogP contribution in [0.15, 0.2) is 0 Å². The third-order valence-electron chi connectivity index (χ3n) is 1.76. The number of carboxylic acid groups (broad SMARTS) is 1. The van der Waals surface area contributed by atoms with Crippen molar-refractivity contribution in [3.05, 3.63) is 0 Å². The van der Waals surface area contributed by atoms with E-state index in [1.807, 2.05) is 0 Å². The average Bonchev–Trinajstić information content (AvgIpc) is 2.39. The van der Waals surface area contributed by atoms with Crippen molar-refractivity contribution in [1.82, 2.24) is 0 Å². The van der Waals surface area contributed by atoms with Crippen LogP contribution in [0.3, 0.4) is 0 Å². The molecular formula is C7H11BrO3. The summed E-state index contributed by atoms with van der Waals surface area (Å²) in [5.74, 6) is -0.805. The average molecular weight is 223 g/mol. The summed E-state index contributed by atoms with van der Waals surface area (Å²) >= 11 is 3.07. The topological polar surface area (TPSA) is 46.5 Å². The highest BCUT2D eigenvalue weighted by atomic mass is 79.9. The van der Waals surface area contributed by atoms with Crippen molar-refractivity contribution >= 4 is 21.9 Å². The molecule has 1 aliphatic heterocycles. The van der Waals surface area contributed by atoms with Gasteiger partial charge in [0.2, 0.25) is 0 Å². The fraction of sp³-hybridized carbons (Fsp3) is 0.857. The Labute approximate surface area is 73.9 Å². The van der Waals surface area contributed by atoms with E-state index >= 15 is 0 Å². The van der Waals surface area contributed by atoms with Crippen molar-refractivity contribution < 1.29 is 14.6 Å². The predicted molar refractivity (Wildman–Crippen MR) is 43.9 cm³/mol. The van der Waals surface area contributed by atoms with Crippen LogP contribution in [-0.2, 0) is 9.53 Å². The standard InChI is InChI=1S/C7H11BrO3/c8-6(7(9)10)4-5-2-1-3-11-5/h5-6H,1-4H2,(H,9,10)/t5-,6+/m0/s1. The Kier molecular flexibility index (Phi) is 3.33. The molecule has 1 aliphatic rings. The van der Waals surface area contributed by atoms with E-state index in [4.69, 9.17) is 9.84 Å². The Morgan fingerprint density at radius 3 is 3.00 bits per heavy atom. The zero-order valence-electron chi connectivity index (χ0n) is 6.12. The zero-order valence-corrected chi connectivity index (χ0v) is 7.71. The van der Waals surface area contributed by atoms with Crippen LogP contribution in [-0.4, -0.2) is 28.6 Å². The second-order valence-electron chi connectivity index (χ2n) is 2.68. The fourth-order valence-electron chi connectivity index (χ4n) is 1.16. The van der Waals surface area contributed by atoms with Gasteiger partial charge in [0.15, 0.2) is 0 Å². The molecule has 0 aliphatic carbocycles. The number of hydrogen-bond donors (Lipinski definition) is 1. The lowest BCUT2D eigenvalue weighted by molar-refractivity contribution is -0.136. The highest BCUT2D eigenvalue weighted by Gasteiger charge is 2.22. The second-order valence-corrected chi connectivity index (χ2v) is 3.78. The molecule has 0 unspecified atom stereocenters. The number of carboxylic acids is 1. The van der Waals surface area contributed by atoms with Crippen molar-refractivity contribution in [2.75, 3.05) is 6.61 Å². The minimum absolute atomic E-state index is 0.149. The molecule has 0 spiro atoms. The van der Waals surface area contributed by atoms with Gasteiger partial charge in [0.25, 0.3) is 0 Å². The largest absolute Gasteiger partial charge is 0.480 e. The number of ether oxygens (including phenoxy) is 1. The molecule has 0 saturated carbocycles. The molecule has 4 heteroatoms. The van der Waals surface area contributed by atoms with Crippen molar-refractivity contribution in [2.24, 2.45) is 0 Å². The minimum atomic E-state index is -0.805. The molecule has 1 rings (SSSR count). The summed E-state index contributed by atoms with van der Waals surface area (Å²) in [5, 5.41) is 8.54. The molecule has 64 valence electrons. The van der Waals surface area contributed by atoms with E-state index in [9.17, 15) is 4.79 Å². The van der Waals surface area contributed by atoms with Gasteiger partial charge in [0, 0.05) is 6.61 Å². The van der Waals surface area contributed by atoms with E-state index in [2.05, 4.69) is 15.9 Å². The first kappa shape index (κ1) is 9.00. The molecule has 1 fully saturated rings. The summed E-state index contributed by atoms with van der Waals surface area (Å²) in [6, 6.07) is 0. The van der Waals surface area contributed by atoms with Crippen LogP contribution in [0.25, 0.3) is 0 Å². The SMILES string of the molecule is O=C(O)[C@H](Br)C[C@@H]1CCCO1. The minimum Gasteiger partial charge on any atom is -0.480 e. The van der Waals surface area contributed by atoms with Crippen molar-refractivity contribution in [2.45, 2.75) is 30.2 Å². The number of carbonyl (C=O) groups is 1. The Hall–Kier alpha value is -0.0900. The van der Waals surface area contributed by atoms with Gasteiger partial charge in [-0.1, -0.05) is 15.9 Å². The van der Waals surface area contributed by atoms with E-state index in [0.717, 1.165) is 19.4 Å². The Bertz CT molecular complexity index is 143. The molecule has 0 amide bonds. The molecule has 0 radical (unpaired) electrons. The lowest BCUT2D eigenvalue weighted by atomic mass is 10.1. The number of aliphatic carboxylic acids is 1. The van der Waals surface area contributed by atoms with Crippen molar-refractivity contribution in [3.8, 4) is 0 Å². The summed E-state index contributed by atoms with van der Waals surface area (Å²) in [7, 11) is 0. The van der Waals surface area contributed by atoms with Crippen LogP contribution in [0.2, 0.25) is 0 Å². The van der Waals surface area contributed by atoms with Gasteiger partial charge in [0.1, 0.15) is 4.83 Å². The highest BCUT2D eigenvalue weighted by molar-refractivity contribution is 9.10. The summed E-state index contributed by atoms with van der Waals surface area (Å²) in [4.78, 5) is 9.93. The predicted octanol–water partition coefficient (Wildman–Crippen LogP) is 1.40. The maximum atomic E-state index is 10.4. The molecule has 0 aromatic rings. The van der Waals surface area contributed by atoms with Gasteiger partial charge >= 0.3 is 5.97 Å². The molecule has 1 heterocycles. The third kappa shape index (κ3) is 2.79. The van der Waals surface area contributed by atoms with Gasteiger partial charge in [-0.3, -0.25) is 4.79 Å². The lowest BCUT2D eigenvalue weighted by Crippen LogP contribution is -2.19. The highest BCUT2D eigenvalue weighted by Crippen LogP contribution is 2.20. The normalized spacial score (nSPS) is 26.8. The number of hydrogen-bond acceptors (Lipinski definition) is 2. The molecule has 2 atom stereocenters. The molecule has 3 nitrogen and oxygen atoms in total. The van der Waals surface area contributed by atoms with Gasteiger partial charge in [-0.25, -0.2) is 0 Å². The first-order valence-corrected chi connectivity index (χ1v) is 4.60. The quantitative estimate of drug-likeness (QED) is 0.735. The van der Waals surface area contributed by atoms with Crippen LogP contribution in [0.1, 0.15) is 19.3 Å². The van der Waals surface area contributed by atoms with Crippen LogP contribution in [0.4, 0.5) is 0 Å². The van der Waals surface area contributed by atoms with Gasteiger partial charge < -0.3 is 9.84 Å². The fourth-order valence-corrected chi connectivity index (χ4v) is 1.58. The van der Waals surface area contributed by atoms with Gasteiger partial charge in [-0.2, -0.15) is 0 Å². The van der Waals surface area contributed by atoms with E-state index in [1.165, 1.54) is 0 Å². The number of alkyl halides is 1. The van der Waals surface area contributed by atoms with E-state index in [-0.39, 0.29) is 6.10 Å². The second kappa shape index (κ2) is 4.07. The Morgan fingerprint density at radius 1 is 1.82 bits per heavy atom. The van der Waals surface area contributed by atoms with Gasteiger partial charge in [-0.05, 0) is 19.3 Å². The molecular weight excluding hydrogens is 212 g/mol. The van der Waals surface area contributed by atoms with Crippen molar-refractivity contribution in [1.29, 1.82) is 0 Å². The van der Waals surface area contributed by atoms with Gasteiger partial charge in [-0.15, -0.1) is 0 Å². The maximum Gasteiger partial charge on any atom is 0.317 e. The zero-order chi connectivity index (χ0) is 8.27. The smallest absolute Gasteiger partial charge is 0.317 e. The summed E-state index contributed by atoms with van der Waals surface area (Å²) in [6.45, 7) is 0.782. The molecule has 0 aromatic carbocycles. The maximum absolute atomic E-state index is 10.4. The summed E-state index contributed by atoms with van der Waals surface area (Å²) in [6.07, 6.45) is 2.78. The van der Waals surface area contributed by atoms with E-state index in [0.29, 0.717) is 6.42 Å². The van der Waals surface area contributed by atoms with Crippen LogP contribution >= 0.6 is 15.9 Å². The molecule has 1 saturated heterocycles. The lowest BCUT2D eigenvalue weighted by Gasteiger charge is -2.10. The Morgan fingerprint density at radius 2 is 2.55 bits per heavy atom. The monoisotopic (exact) mass is 222 g/mol.